The molecule has 0 saturated heterocycles. The molecule has 1 aromatic rings. The minimum absolute atomic E-state index is 0.329. The van der Waals surface area contributed by atoms with Crippen LogP contribution in [-0.4, -0.2) is 19.6 Å². The summed E-state index contributed by atoms with van der Waals surface area (Å²) in [5, 5.41) is 3.66. The maximum atomic E-state index is 11.6. The number of hydrogen-bond donors (Lipinski definition) is 1. The minimum atomic E-state index is -0.486. The molecule has 1 rings (SSSR count). The van der Waals surface area contributed by atoms with Crippen molar-refractivity contribution in [1.82, 2.24) is 5.32 Å². The third kappa shape index (κ3) is 3.36. The Labute approximate surface area is 100 Å². The fourth-order valence-corrected chi connectivity index (χ4v) is 1.44. The Morgan fingerprint density at radius 2 is 2.19 bits per heavy atom. The monoisotopic (exact) mass is 239 g/mol. The van der Waals surface area contributed by atoms with Gasteiger partial charge in [-0.1, -0.05) is 29.8 Å². The maximum absolute atomic E-state index is 11.6. The van der Waals surface area contributed by atoms with Crippen molar-refractivity contribution in [2.24, 2.45) is 0 Å². The van der Waals surface area contributed by atoms with Crippen LogP contribution in [0.4, 0.5) is 0 Å². The summed E-state index contributed by atoms with van der Waals surface area (Å²) in [5.41, 5.74) is 0.818. The van der Waals surface area contributed by atoms with Gasteiger partial charge in [-0.25, -0.2) is 4.79 Å². The first kappa shape index (κ1) is 12.7. The summed E-state index contributed by atoms with van der Waals surface area (Å²) >= 11 is 5.78. The highest BCUT2D eigenvalue weighted by atomic mass is 35.5. The fourth-order valence-electron chi connectivity index (χ4n) is 1.31. The summed E-state index contributed by atoms with van der Waals surface area (Å²) < 4.78 is 4.73. The highest BCUT2D eigenvalue weighted by Gasteiger charge is 2.19. The lowest BCUT2D eigenvalue weighted by Gasteiger charge is -2.15. The summed E-state index contributed by atoms with van der Waals surface area (Å²) in [6.45, 7) is 4.12. The van der Waals surface area contributed by atoms with E-state index in [1.807, 2.05) is 0 Å². The topological polar surface area (TPSA) is 38.3 Å². The first-order valence-corrected chi connectivity index (χ1v) is 5.24. The second-order valence-corrected chi connectivity index (χ2v) is 3.64. The van der Waals surface area contributed by atoms with E-state index in [1.54, 1.807) is 30.3 Å². The van der Waals surface area contributed by atoms with Gasteiger partial charge in [0.25, 0.3) is 0 Å². The van der Waals surface area contributed by atoms with Crippen molar-refractivity contribution in [2.75, 3.05) is 13.7 Å². The molecule has 0 aliphatic carbocycles. The number of methoxy groups -OCH3 is 1. The Morgan fingerprint density at radius 3 is 2.69 bits per heavy atom. The zero-order valence-corrected chi connectivity index (χ0v) is 9.83. The van der Waals surface area contributed by atoms with Gasteiger partial charge in [0.1, 0.15) is 6.04 Å². The lowest BCUT2D eigenvalue weighted by Crippen LogP contribution is -2.29. The Morgan fingerprint density at radius 1 is 1.56 bits per heavy atom. The molecular weight excluding hydrogens is 226 g/mol. The number of rotatable bonds is 5. The number of ether oxygens (including phenoxy) is 1. The molecule has 4 heteroatoms. The van der Waals surface area contributed by atoms with Crippen LogP contribution in [0, 0.1) is 0 Å². The van der Waals surface area contributed by atoms with E-state index in [1.165, 1.54) is 7.11 Å². The third-order valence-corrected chi connectivity index (χ3v) is 2.36. The molecule has 1 aromatic carbocycles. The number of esters is 1. The highest BCUT2D eigenvalue weighted by Crippen LogP contribution is 2.17. The number of halogens is 1. The summed E-state index contributed by atoms with van der Waals surface area (Å²) in [7, 11) is 1.36. The minimum Gasteiger partial charge on any atom is -0.468 e. The van der Waals surface area contributed by atoms with E-state index in [4.69, 9.17) is 16.3 Å². The molecule has 0 heterocycles. The van der Waals surface area contributed by atoms with E-state index in [9.17, 15) is 4.79 Å². The molecule has 0 aliphatic heterocycles. The molecular formula is C12H14ClNO2. The van der Waals surface area contributed by atoms with Gasteiger partial charge in [0.15, 0.2) is 0 Å². The first-order valence-electron chi connectivity index (χ1n) is 4.86. The van der Waals surface area contributed by atoms with E-state index in [-0.39, 0.29) is 5.97 Å². The Hall–Kier alpha value is -1.32. The van der Waals surface area contributed by atoms with E-state index in [2.05, 4.69) is 11.9 Å². The average molecular weight is 240 g/mol. The van der Waals surface area contributed by atoms with Crippen LogP contribution in [0.2, 0.25) is 5.02 Å². The van der Waals surface area contributed by atoms with Crippen LogP contribution < -0.4 is 5.32 Å². The van der Waals surface area contributed by atoms with E-state index in [0.29, 0.717) is 11.6 Å². The molecule has 0 spiro atoms. The SMILES string of the molecule is C=CCN[C@@H](C(=O)OC)c1ccc(Cl)cc1. The molecule has 3 nitrogen and oxygen atoms in total. The zero-order chi connectivity index (χ0) is 12.0. The number of carbonyl (C=O) groups excluding carboxylic acids is 1. The van der Waals surface area contributed by atoms with Crippen LogP contribution in [0.3, 0.4) is 0 Å². The number of carbonyl (C=O) groups is 1. The van der Waals surface area contributed by atoms with Crippen LogP contribution in [0.15, 0.2) is 36.9 Å². The summed E-state index contributed by atoms with van der Waals surface area (Å²) in [5.74, 6) is -0.329. The van der Waals surface area contributed by atoms with Crippen molar-refractivity contribution in [2.45, 2.75) is 6.04 Å². The number of benzene rings is 1. The summed E-state index contributed by atoms with van der Waals surface area (Å²) in [6, 6.07) is 6.57. The third-order valence-electron chi connectivity index (χ3n) is 2.11. The Balaban J connectivity index is 2.86. The van der Waals surface area contributed by atoms with Crippen molar-refractivity contribution >= 4 is 17.6 Å². The molecule has 1 N–H and O–H groups in total. The largest absolute Gasteiger partial charge is 0.468 e. The molecule has 0 aromatic heterocycles. The van der Waals surface area contributed by atoms with Crippen molar-refractivity contribution in [1.29, 1.82) is 0 Å². The van der Waals surface area contributed by atoms with Crippen LogP contribution >= 0.6 is 11.6 Å². The molecule has 0 amide bonds. The van der Waals surface area contributed by atoms with Gasteiger partial charge in [-0.15, -0.1) is 6.58 Å². The smallest absolute Gasteiger partial charge is 0.327 e. The Bertz CT molecular complexity index is 362. The second kappa shape index (κ2) is 6.30. The quantitative estimate of drug-likeness (QED) is 0.633. The molecule has 0 fully saturated rings. The molecule has 1 atom stereocenters. The van der Waals surface area contributed by atoms with Crippen LogP contribution in [0.25, 0.3) is 0 Å². The first-order chi connectivity index (χ1) is 7.69. The van der Waals surface area contributed by atoms with Gasteiger partial charge < -0.3 is 4.74 Å². The van der Waals surface area contributed by atoms with Gasteiger partial charge in [-0.3, -0.25) is 5.32 Å². The summed E-state index contributed by atoms with van der Waals surface area (Å²) in [6.07, 6.45) is 1.69. The molecule has 16 heavy (non-hydrogen) atoms. The lowest BCUT2D eigenvalue weighted by atomic mass is 10.1. The van der Waals surface area contributed by atoms with Crippen molar-refractivity contribution < 1.29 is 9.53 Å². The van der Waals surface area contributed by atoms with Crippen LogP contribution in [-0.2, 0) is 9.53 Å². The van der Waals surface area contributed by atoms with E-state index < -0.39 is 6.04 Å². The molecule has 0 radical (unpaired) electrons. The maximum Gasteiger partial charge on any atom is 0.327 e. The summed E-state index contributed by atoms with van der Waals surface area (Å²) in [4.78, 5) is 11.6. The normalized spacial score (nSPS) is 11.9. The number of hydrogen-bond acceptors (Lipinski definition) is 3. The van der Waals surface area contributed by atoms with Gasteiger partial charge >= 0.3 is 5.97 Å². The second-order valence-electron chi connectivity index (χ2n) is 3.20. The predicted molar refractivity (Wildman–Crippen MR) is 64.4 cm³/mol. The van der Waals surface area contributed by atoms with Crippen LogP contribution in [0.5, 0.6) is 0 Å². The number of nitrogens with one attached hydrogen (secondary N) is 1. The molecule has 0 unspecified atom stereocenters. The standard InChI is InChI=1S/C12H14ClNO2/c1-3-8-14-11(12(15)16-2)9-4-6-10(13)7-5-9/h3-7,11,14H,1,8H2,2H3/t11-/m1/s1. The van der Waals surface area contributed by atoms with Crippen molar-refractivity contribution in [3.8, 4) is 0 Å². The lowest BCUT2D eigenvalue weighted by molar-refractivity contribution is -0.143. The van der Waals surface area contributed by atoms with E-state index >= 15 is 0 Å². The van der Waals surface area contributed by atoms with Gasteiger partial charge in [-0.2, -0.15) is 0 Å². The Kier molecular flexibility index (Phi) is 5.02. The fraction of sp³-hybridized carbons (Fsp3) is 0.250. The van der Waals surface area contributed by atoms with Gasteiger partial charge in [-0.05, 0) is 17.7 Å². The molecule has 86 valence electrons. The highest BCUT2D eigenvalue weighted by molar-refractivity contribution is 6.30. The van der Waals surface area contributed by atoms with Crippen LogP contribution in [0.1, 0.15) is 11.6 Å². The van der Waals surface area contributed by atoms with E-state index in [0.717, 1.165) is 5.56 Å². The molecule has 0 saturated carbocycles. The van der Waals surface area contributed by atoms with Gasteiger partial charge in [0.05, 0.1) is 7.11 Å². The van der Waals surface area contributed by atoms with Gasteiger partial charge in [0, 0.05) is 11.6 Å². The average Bonchev–Trinajstić information content (AvgIpc) is 2.31. The van der Waals surface area contributed by atoms with Gasteiger partial charge in [0.2, 0.25) is 0 Å². The molecule has 0 aliphatic rings. The predicted octanol–water partition coefficient (Wildman–Crippen LogP) is 2.33. The zero-order valence-electron chi connectivity index (χ0n) is 9.07. The molecule has 0 bridgehead atoms. The van der Waals surface area contributed by atoms with Crippen molar-refractivity contribution in [3.63, 3.8) is 0 Å². The van der Waals surface area contributed by atoms with Crippen molar-refractivity contribution in [3.05, 3.63) is 47.5 Å².